The highest BCUT2D eigenvalue weighted by atomic mass is 16.2. The first-order valence-corrected chi connectivity index (χ1v) is 8.36. The van der Waals surface area contributed by atoms with Crippen LogP contribution in [0.5, 0.6) is 0 Å². The lowest BCUT2D eigenvalue weighted by atomic mass is 9.93. The molecule has 4 rings (SSSR count). The highest BCUT2D eigenvalue weighted by molar-refractivity contribution is 5.94. The van der Waals surface area contributed by atoms with Gasteiger partial charge in [0.1, 0.15) is 0 Å². The summed E-state index contributed by atoms with van der Waals surface area (Å²) in [6.07, 6.45) is 4.88. The summed E-state index contributed by atoms with van der Waals surface area (Å²) in [5.41, 5.74) is 4.30. The van der Waals surface area contributed by atoms with Crippen molar-refractivity contribution in [3.8, 4) is 0 Å². The van der Waals surface area contributed by atoms with Crippen LogP contribution in [0.25, 0.3) is 10.9 Å². The Morgan fingerprint density at radius 1 is 1.17 bits per heavy atom. The standard InChI is InChI=1S/C20H21N3O/c1-14-3-5-17(6-4-14)20(24)23-12-15(13-23)11-18-19-16(7-9-21-18)8-10-22(19)2/h3-10,15H,11-13H2,1-2H3. The Bertz CT molecular complexity index is 889. The van der Waals surface area contributed by atoms with Gasteiger partial charge in [-0.3, -0.25) is 9.78 Å². The van der Waals surface area contributed by atoms with Gasteiger partial charge in [0.15, 0.2) is 0 Å². The van der Waals surface area contributed by atoms with Crippen molar-refractivity contribution in [2.75, 3.05) is 13.1 Å². The minimum Gasteiger partial charge on any atom is -0.349 e. The fourth-order valence-electron chi connectivity index (χ4n) is 3.49. The first-order chi connectivity index (χ1) is 11.6. The van der Waals surface area contributed by atoms with Crippen LogP contribution in [0.2, 0.25) is 0 Å². The van der Waals surface area contributed by atoms with E-state index in [1.54, 1.807) is 0 Å². The van der Waals surface area contributed by atoms with Crippen molar-refractivity contribution in [3.05, 3.63) is 65.6 Å². The monoisotopic (exact) mass is 319 g/mol. The second kappa shape index (κ2) is 5.78. The molecule has 3 aromatic rings. The maximum Gasteiger partial charge on any atom is 0.253 e. The number of fused-ring (bicyclic) bond motifs is 1. The molecule has 0 N–H and O–H groups in total. The van der Waals surface area contributed by atoms with Crippen molar-refractivity contribution in [3.63, 3.8) is 0 Å². The molecule has 4 heteroatoms. The predicted octanol–water partition coefficient (Wildman–Crippen LogP) is 3.20. The van der Waals surface area contributed by atoms with Gasteiger partial charge in [0.2, 0.25) is 0 Å². The molecule has 122 valence electrons. The number of aromatic nitrogens is 2. The number of carbonyl (C=O) groups is 1. The summed E-state index contributed by atoms with van der Waals surface area (Å²) in [5, 5.41) is 1.23. The maximum atomic E-state index is 12.5. The van der Waals surface area contributed by atoms with Crippen LogP contribution >= 0.6 is 0 Å². The van der Waals surface area contributed by atoms with E-state index in [0.717, 1.165) is 30.8 Å². The van der Waals surface area contributed by atoms with Gasteiger partial charge >= 0.3 is 0 Å². The topological polar surface area (TPSA) is 38.1 Å². The minimum atomic E-state index is 0.135. The number of rotatable bonds is 3. The van der Waals surface area contributed by atoms with Crippen LogP contribution in [0.15, 0.2) is 48.8 Å². The van der Waals surface area contributed by atoms with Gasteiger partial charge in [-0.1, -0.05) is 17.7 Å². The molecule has 0 saturated carbocycles. The number of hydrogen-bond acceptors (Lipinski definition) is 2. The van der Waals surface area contributed by atoms with Gasteiger partial charge < -0.3 is 9.47 Å². The van der Waals surface area contributed by atoms with E-state index in [9.17, 15) is 4.79 Å². The minimum absolute atomic E-state index is 0.135. The van der Waals surface area contributed by atoms with E-state index >= 15 is 0 Å². The summed E-state index contributed by atoms with van der Waals surface area (Å²) < 4.78 is 2.13. The Morgan fingerprint density at radius 2 is 1.92 bits per heavy atom. The Morgan fingerprint density at radius 3 is 2.67 bits per heavy atom. The average Bonchev–Trinajstić information content (AvgIpc) is 2.93. The highest BCUT2D eigenvalue weighted by Crippen LogP contribution is 2.25. The van der Waals surface area contributed by atoms with Crippen molar-refractivity contribution in [2.24, 2.45) is 13.0 Å². The molecule has 3 heterocycles. The molecule has 0 atom stereocenters. The molecule has 1 amide bonds. The molecule has 2 aromatic heterocycles. The van der Waals surface area contributed by atoms with Gasteiger partial charge in [-0.15, -0.1) is 0 Å². The normalized spacial score (nSPS) is 14.8. The SMILES string of the molecule is Cc1ccc(C(=O)N2CC(Cc3nccc4ccn(C)c34)C2)cc1. The number of aryl methyl sites for hydroxylation is 2. The number of carbonyl (C=O) groups excluding carboxylic acids is 1. The zero-order valence-corrected chi connectivity index (χ0v) is 14.1. The van der Waals surface area contributed by atoms with Crippen LogP contribution in [0.3, 0.4) is 0 Å². The van der Waals surface area contributed by atoms with Gasteiger partial charge in [0.25, 0.3) is 5.91 Å². The molecule has 0 unspecified atom stereocenters. The van der Waals surface area contributed by atoms with Crippen LogP contribution in [0, 0.1) is 12.8 Å². The lowest BCUT2D eigenvalue weighted by Gasteiger charge is -2.39. The number of benzene rings is 1. The van der Waals surface area contributed by atoms with E-state index in [1.807, 2.05) is 48.4 Å². The largest absolute Gasteiger partial charge is 0.349 e. The number of nitrogens with zero attached hydrogens (tertiary/aromatic N) is 3. The number of likely N-dealkylation sites (tertiary alicyclic amines) is 1. The van der Waals surface area contributed by atoms with Crippen molar-refractivity contribution >= 4 is 16.8 Å². The summed E-state index contributed by atoms with van der Waals surface area (Å²) in [4.78, 5) is 19.0. The Balaban J connectivity index is 1.43. The summed E-state index contributed by atoms with van der Waals surface area (Å²) in [6, 6.07) is 12.0. The van der Waals surface area contributed by atoms with Crippen LogP contribution in [0.1, 0.15) is 21.6 Å². The third-order valence-electron chi connectivity index (χ3n) is 4.89. The number of amides is 1. The fraction of sp³-hybridized carbons (Fsp3) is 0.300. The first kappa shape index (κ1) is 14.9. The van der Waals surface area contributed by atoms with Crippen molar-refractivity contribution < 1.29 is 4.79 Å². The van der Waals surface area contributed by atoms with Gasteiger partial charge in [0.05, 0.1) is 11.2 Å². The molecule has 1 fully saturated rings. The predicted molar refractivity (Wildman–Crippen MR) is 95.0 cm³/mol. The molecule has 1 aliphatic rings. The third kappa shape index (κ3) is 2.58. The zero-order valence-electron chi connectivity index (χ0n) is 14.1. The quantitative estimate of drug-likeness (QED) is 0.743. The maximum absolute atomic E-state index is 12.5. The lowest BCUT2D eigenvalue weighted by molar-refractivity contribution is 0.0500. The first-order valence-electron chi connectivity index (χ1n) is 8.36. The highest BCUT2D eigenvalue weighted by Gasteiger charge is 2.31. The summed E-state index contributed by atoms with van der Waals surface area (Å²) in [5.74, 6) is 0.628. The van der Waals surface area contributed by atoms with Crippen molar-refractivity contribution in [1.29, 1.82) is 0 Å². The molecule has 0 bridgehead atoms. The zero-order chi connectivity index (χ0) is 16.7. The van der Waals surface area contributed by atoms with E-state index in [4.69, 9.17) is 0 Å². The second-order valence-corrected chi connectivity index (χ2v) is 6.77. The fourth-order valence-corrected chi connectivity index (χ4v) is 3.49. The van der Waals surface area contributed by atoms with Crippen molar-refractivity contribution in [1.82, 2.24) is 14.5 Å². The smallest absolute Gasteiger partial charge is 0.253 e. The molecule has 1 aromatic carbocycles. The molecule has 1 aliphatic heterocycles. The summed E-state index contributed by atoms with van der Waals surface area (Å²) in [7, 11) is 2.06. The van der Waals surface area contributed by atoms with Crippen LogP contribution in [0.4, 0.5) is 0 Å². The number of hydrogen-bond donors (Lipinski definition) is 0. The van der Waals surface area contributed by atoms with E-state index in [2.05, 4.69) is 28.9 Å². The van der Waals surface area contributed by atoms with Gasteiger partial charge in [-0.05, 0) is 43.5 Å². The molecule has 0 radical (unpaired) electrons. The molecular formula is C20H21N3O. The molecular weight excluding hydrogens is 298 g/mol. The molecule has 24 heavy (non-hydrogen) atoms. The summed E-state index contributed by atoms with van der Waals surface area (Å²) in [6.45, 7) is 3.66. The molecule has 4 nitrogen and oxygen atoms in total. The van der Waals surface area contributed by atoms with E-state index < -0.39 is 0 Å². The Kier molecular flexibility index (Phi) is 3.60. The number of pyridine rings is 1. The van der Waals surface area contributed by atoms with Gasteiger partial charge in [-0.25, -0.2) is 0 Å². The molecule has 0 spiro atoms. The van der Waals surface area contributed by atoms with E-state index in [-0.39, 0.29) is 5.91 Å². The van der Waals surface area contributed by atoms with Crippen LogP contribution < -0.4 is 0 Å². The van der Waals surface area contributed by atoms with E-state index in [1.165, 1.54) is 16.5 Å². The van der Waals surface area contributed by atoms with Crippen LogP contribution in [-0.2, 0) is 13.5 Å². The summed E-state index contributed by atoms with van der Waals surface area (Å²) >= 11 is 0. The Labute approximate surface area is 141 Å². The van der Waals surface area contributed by atoms with Gasteiger partial charge in [0, 0.05) is 43.5 Å². The molecule has 0 aliphatic carbocycles. The van der Waals surface area contributed by atoms with Gasteiger partial charge in [-0.2, -0.15) is 0 Å². The van der Waals surface area contributed by atoms with E-state index in [0.29, 0.717) is 5.92 Å². The third-order valence-corrected chi connectivity index (χ3v) is 4.89. The molecule has 1 saturated heterocycles. The second-order valence-electron chi connectivity index (χ2n) is 6.77. The van der Waals surface area contributed by atoms with Crippen LogP contribution in [-0.4, -0.2) is 33.4 Å². The average molecular weight is 319 g/mol. The van der Waals surface area contributed by atoms with Crippen molar-refractivity contribution in [2.45, 2.75) is 13.3 Å². The Hall–Kier alpha value is -2.62. The lowest BCUT2D eigenvalue weighted by Crippen LogP contribution is -2.50.